The molecule has 0 saturated carbocycles. The summed E-state index contributed by atoms with van der Waals surface area (Å²) in [6, 6.07) is 3.71. The van der Waals surface area contributed by atoms with E-state index in [1.807, 2.05) is 32.9 Å². The molecule has 0 amide bonds. The van der Waals surface area contributed by atoms with Crippen LogP contribution in [0.2, 0.25) is 0 Å². The van der Waals surface area contributed by atoms with Gasteiger partial charge in [-0.05, 0) is 25.0 Å². The Morgan fingerprint density at radius 2 is 2.15 bits per heavy atom. The van der Waals surface area contributed by atoms with Crippen molar-refractivity contribution in [3.63, 3.8) is 0 Å². The molecule has 0 radical (unpaired) electrons. The lowest BCUT2D eigenvalue weighted by molar-refractivity contribution is 0.0967. The molecule has 0 saturated heterocycles. The SMILES string of the molecule is Cc1ccc(C(=O)CC(C)C)cn1. The van der Waals surface area contributed by atoms with Crippen molar-refractivity contribution in [2.45, 2.75) is 27.2 Å². The third-order valence-electron chi connectivity index (χ3n) is 1.83. The number of pyridine rings is 1. The largest absolute Gasteiger partial charge is 0.294 e. The van der Waals surface area contributed by atoms with Crippen molar-refractivity contribution in [1.29, 1.82) is 0 Å². The van der Waals surface area contributed by atoms with E-state index in [-0.39, 0.29) is 5.78 Å². The molecule has 0 N–H and O–H groups in total. The van der Waals surface area contributed by atoms with Crippen molar-refractivity contribution in [3.05, 3.63) is 29.6 Å². The highest BCUT2D eigenvalue weighted by Crippen LogP contribution is 2.08. The Morgan fingerprint density at radius 1 is 1.46 bits per heavy atom. The van der Waals surface area contributed by atoms with E-state index in [0.717, 1.165) is 11.3 Å². The Labute approximate surface area is 79.0 Å². The number of rotatable bonds is 3. The summed E-state index contributed by atoms with van der Waals surface area (Å²) >= 11 is 0. The number of aromatic nitrogens is 1. The van der Waals surface area contributed by atoms with Crippen molar-refractivity contribution in [3.8, 4) is 0 Å². The number of nitrogens with zero attached hydrogens (tertiary/aromatic N) is 1. The zero-order valence-corrected chi connectivity index (χ0v) is 8.37. The third-order valence-corrected chi connectivity index (χ3v) is 1.83. The van der Waals surface area contributed by atoms with Crippen molar-refractivity contribution in [2.24, 2.45) is 5.92 Å². The molecule has 0 spiro atoms. The monoisotopic (exact) mass is 177 g/mol. The smallest absolute Gasteiger partial charge is 0.164 e. The number of hydrogen-bond acceptors (Lipinski definition) is 2. The molecule has 0 bridgehead atoms. The van der Waals surface area contributed by atoms with Crippen LogP contribution in [0.15, 0.2) is 18.3 Å². The van der Waals surface area contributed by atoms with Crippen LogP contribution in [0.25, 0.3) is 0 Å². The average Bonchev–Trinajstić information content (AvgIpc) is 2.04. The molecule has 70 valence electrons. The van der Waals surface area contributed by atoms with E-state index in [9.17, 15) is 4.79 Å². The molecule has 2 nitrogen and oxygen atoms in total. The van der Waals surface area contributed by atoms with E-state index >= 15 is 0 Å². The fourth-order valence-corrected chi connectivity index (χ4v) is 1.12. The maximum atomic E-state index is 11.5. The van der Waals surface area contributed by atoms with Crippen LogP contribution in [0.3, 0.4) is 0 Å². The molecule has 0 fully saturated rings. The van der Waals surface area contributed by atoms with Gasteiger partial charge in [0.1, 0.15) is 0 Å². The quantitative estimate of drug-likeness (QED) is 0.664. The summed E-state index contributed by atoms with van der Waals surface area (Å²) in [4.78, 5) is 15.6. The minimum Gasteiger partial charge on any atom is -0.294 e. The Kier molecular flexibility index (Phi) is 3.18. The first-order chi connectivity index (χ1) is 6.09. The van der Waals surface area contributed by atoms with Gasteiger partial charge in [-0.3, -0.25) is 9.78 Å². The lowest BCUT2D eigenvalue weighted by Gasteiger charge is -2.03. The summed E-state index contributed by atoms with van der Waals surface area (Å²) in [7, 11) is 0. The predicted octanol–water partition coefficient (Wildman–Crippen LogP) is 2.62. The number of carbonyl (C=O) groups is 1. The van der Waals surface area contributed by atoms with Crippen LogP contribution in [0, 0.1) is 12.8 Å². The summed E-state index contributed by atoms with van der Waals surface area (Å²) in [5.41, 5.74) is 1.67. The molecule has 0 aliphatic heterocycles. The van der Waals surface area contributed by atoms with Gasteiger partial charge in [0.05, 0.1) is 0 Å². The van der Waals surface area contributed by atoms with Crippen LogP contribution in [-0.4, -0.2) is 10.8 Å². The van der Waals surface area contributed by atoms with E-state index < -0.39 is 0 Å². The summed E-state index contributed by atoms with van der Waals surface area (Å²) in [5.74, 6) is 0.594. The topological polar surface area (TPSA) is 30.0 Å². The van der Waals surface area contributed by atoms with Gasteiger partial charge in [-0.15, -0.1) is 0 Å². The van der Waals surface area contributed by atoms with Crippen LogP contribution in [0.5, 0.6) is 0 Å². The summed E-state index contributed by atoms with van der Waals surface area (Å²) in [5, 5.41) is 0. The number of Topliss-reactive ketones (excluding diaryl/α,β-unsaturated/α-hetero) is 1. The van der Waals surface area contributed by atoms with Gasteiger partial charge < -0.3 is 0 Å². The second kappa shape index (κ2) is 4.17. The molecule has 13 heavy (non-hydrogen) atoms. The number of aryl methyl sites for hydroxylation is 1. The molecular weight excluding hydrogens is 162 g/mol. The molecule has 0 aliphatic rings. The standard InChI is InChI=1S/C11H15NO/c1-8(2)6-11(13)10-5-4-9(3)12-7-10/h4-5,7-8H,6H2,1-3H3. The molecule has 0 atom stereocenters. The fraction of sp³-hybridized carbons (Fsp3) is 0.455. The Bertz CT molecular complexity index is 287. The number of carbonyl (C=O) groups excluding carboxylic acids is 1. The highest BCUT2D eigenvalue weighted by atomic mass is 16.1. The Hall–Kier alpha value is -1.18. The summed E-state index contributed by atoms with van der Waals surface area (Å²) in [6.07, 6.45) is 2.25. The zero-order chi connectivity index (χ0) is 9.84. The van der Waals surface area contributed by atoms with Crippen LogP contribution in [-0.2, 0) is 0 Å². The Balaban J connectivity index is 2.72. The highest BCUT2D eigenvalue weighted by molar-refractivity contribution is 5.95. The first kappa shape index (κ1) is 9.90. The van der Waals surface area contributed by atoms with Crippen LogP contribution < -0.4 is 0 Å². The van der Waals surface area contributed by atoms with Gasteiger partial charge in [-0.1, -0.05) is 13.8 Å². The lowest BCUT2D eigenvalue weighted by atomic mass is 10.0. The minimum absolute atomic E-state index is 0.183. The van der Waals surface area contributed by atoms with Gasteiger partial charge in [0.15, 0.2) is 5.78 Å². The number of ketones is 1. The zero-order valence-electron chi connectivity index (χ0n) is 8.37. The van der Waals surface area contributed by atoms with Crippen LogP contribution in [0.4, 0.5) is 0 Å². The van der Waals surface area contributed by atoms with Gasteiger partial charge in [-0.25, -0.2) is 0 Å². The second-order valence-corrected chi connectivity index (χ2v) is 3.71. The van der Waals surface area contributed by atoms with E-state index in [4.69, 9.17) is 0 Å². The molecular formula is C11H15NO. The summed E-state index contributed by atoms with van der Waals surface area (Å²) < 4.78 is 0. The van der Waals surface area contributed by atoms with Gasteiger partial charge in [0.2, 0.25) is 0 Å². The first-order valence-corrected chi connectivity index (χ1v) is 4.55. The van der Waals surface area contributed by atoms with Crippen molar-refractivity contribution in [2.75, 3.05) is 0 Å². The minimum atomic E-state index is 0.183. The van der Waals surface area contributed by atoms with Crippen molar-refractivity contribution in [1.82, 2.24) is 4.98 Å². The molecule has 0 aliphatic carbocycles. The highest BCUT2D eigenvalue weighted by Gasteiger charge is 2.07. The van der Waals surface area contributed by atoms with Gasteiger partial charge in [0.25, 0.3) is 0 Å². The molecule has 0 aromatic carbocycles. The fourth-order valence-electron chi connectivity index (χ4n) is 1.12. The molecule has 1 aromatic heterocycles. The third kappa shape index (κ3) is 2.98. The Morgan fingerprint density at radius 3 is 2.62 bits per heavy atom. The predicted molar refractivity (Wildman–Crippen MR) is 52.8 cm³/mol. The summed E-state index contributed by atoms with van der Waals surface area (Å²) in [6.45, 7) is 6.00. The van der Waals surface area contributed by atoms with E-state index in [2.05, 4.69) is 4.98 Å². The molecule has 1 rings (SSSR count). The van der Waals surface area contributed by atoms with E-state index in [1.54, 1.807) is 6.20 Å². The van der Waals surface area contributed by atoms with Gasteiger partial charge >= 0.3 is 0 Å². The maximum Gasteiger partial charge on any atom is 0.164 e. The average molecular weight is 177 g/mol. The maximum absolute atomic E-state index is 11.5. The lowest BCUT2D eigenvalue weighted by Crippen LogP contribution is -2.03. The van der Waals surface area contributed by atoms with E-state index in [1.165, 1.54) is 0 Å². The normalized spacial score (nSPS) is 10.5. The van der Waals surface area contributed by atoms with Gasteiger partial charge in [0, 0.05) is 23.9 Å². The van der Waals surface area contributed by atoms with Crippen molar-refractivity contribution < 1.29 is 4.79 Å². The van der Waals surface area contributed by atoms with Crippen molar-refractivity contribution >= 4 is 5.78 Å². The molecule has 2 heteroatoms. The van der Waals surface area contributed by atoms with Gasteiger partial charge in [-0.2, -0.15) is 0 Å². The second-order valence-electron chi connectivity index (χ2n) is 3.71. The molecule has 0 unspecified atom stereocenters. The van der Waals surface area contributed by atoms with Crippen LogP contribution >= 0.6 is 0 Å². The molecule has 1 heterocycles. The van der Waals surface area contributed by atoms with Crippen LogP contribution in [0.1, 0.15) is 36.3 Å². The number of hydrogen-bond donors (Lipinski definition) is 0. The molecule has 1 aromatic rings. The van der Waals surface area contributed by atoms with E-state index in [0.29, 0.717) is 12.3 Å². The first-order valence-electron chi connectivity index (χ1n) is 4.55.